The number of aliphatic imine (C=N–C) groups is 1. The summed E-state index contributed by atoms with van der Waals surface area (Å²) >= 11 is 0. The molecular formula is C21H35N3O3. The number of nitrogens with one attached hydrogen (secondary N) is 2. The van der Waals surface area contributed by atoms with Crippen LogP contribution in [-0.2, 0) is 15.9 Å². The van der Waals surface area contributed by atoms with Gasteiger partial charge in [-0.2, -0.15) is 0 Å². The SMILES string of the molecule is CCCOc1cccc(CCNC(=NC)NCCCOCC2CCCO2)c1. The van der Waals surface area contributed by atoms with Crippen LogP contribution >= 0.6 is 0 Å². The van der Waals surface area contributed by atoms with Crippen molar-refractivity contribution in [2.75, 3.05) is 46.6 Å². The highest BCUT2D eigenvalue weighted by Crippen LogP contribution is 2.14. The van der Waals surface area contributed by atoms with E-state index in [0.29, 0.717) is 12.7 Å². The normalized spacial score (nSPS) is 17.1. The van der Waals surface area contributed by atoms with Crippen LogP contribution in [0.2, 0.25) is 0 Å². The van der Waals surface area contributed by atoms with Crippen LogP contribution in [0.15, 0.2) is 29.3 Å². The van der Waals surface area contributed by atoms with E-state index in [1.807, 2.05) is 12.1 Å². The van der Waals surface area contributed by atoms with Gasteiger partial charge in [0.15, 0.2) is 5.96 Å². The molecule has 0 aromatic heterocycles. The number of guanidine groups is 1. The molecule has 6 nitrogen and oxygen atoms in total. The average molecular weight is 378 g/mol. The van der Waals surface area contributed by atoms with Gasteiger partial charge in [0.1, 0.15) is 5.75 Å². The van der Waals surface area contributed by atoms with Gasteiger partial charge in [-0.15, -0.1) is 0 Å². The molecular weight excluding hydrogens is 342 g/mol. The Bertz CT molecular complexity index is 545. The molecule has 0 amide bonds. The molecule has 6 heteroatoms. The first kappa shape index (κ1) is 21.5. The Labute approximate surface area is 163 Å². The Morgan fingerprint density at radius 1 is 1.26 bits per heavy atom. The molecule has 27 heavy (non-hydrogen) atoms. The predicted octanol–water partition coefficient (Wildman–Crippen LogP) is 2.77. The number of nitrogens with zero attached hydrogens (tertiary/aromatic N) is 1. The molecule has 1 unspecified atom stereocenters. The van der Waals surface area contributed by atoms with E-state index in [9.17, 15) is 0 Å². The maximum Gasteiger partial charge on any atom is 0.190 e. The minimum Gasteiger partial charge on any atom is -0.494 e. The van der Waals surface area contributed by atoms with E-state index in [-0.39, 0.29) is 0 Å². The minimum absolute atomic E-state index is 0.304. The van der Waals surface area contributed by atoms with Crippen LogP contribution in [0.3, 0.4) is 0 Å². The molecule has 0 spiro atoms. The fourth-order valence-corrected chi connectivity index (χ4v) is 2.93. The second-order valence-corrected chi connectivity index (χ2v) is 6.74. The third kappa shape index (κ3) is 9.11. The molecule has 2 N–H and O–H groups in total. The lowest BCUT2D eigenvalue weighted by atomic mass is 10.1. The highest BCUT2D eigenvalue weighted by molar-refractivity contribution is 5.79. The first-order valence-corrected chi connectivity index (χ1v) is 10.2. The molecule has 2 rings (SSSR count). The first-order valence-electron chi connectivity index (χ1n) is 10.2. The highest BCUT2D eigenvalue weighted by atomic mass is 16.5. The third-order valence-corrected chi connectivity index (χ3v) is 4.39. The van der Waals surface area contributed by atoms with Crippen LogP contribution in [0.1, 0.15) is 38.2 Å². The van der Waals surface area contributed by atoms with Crippen LogP contribution in [0.25, 0.3) is 0 Å². The summed E-state index contributed by atoms with van der Waals surface area (Å²) in [5, 5.41) is 6.68. The van der Waals surface area contributed by atoms with E-state index >= 15 is 0 Å². The van der Waals surface area contributed by atoms with E-state index in [4.69, 9.17) is 14.2 Å². The standard InChI is InChI=1S/C21H35N3O3/c1-3-13-26-19-8-4-7-18(16-19)10-12-24-21(22-2)23-11-6-14-25-17-20-9-5-15-27-20/h4,7-8,16,20H,3,5-6,9-15,17H2,1-2H3,(H2,22,23,24). The fraction of sp³-hybridized carbons (Fsp3) is 0.667. The maximum absolute atomic E-state index is 5.69. The van der Waals surface area contributed by atoms with Gasteiger partial charge in [0.2, 0.25) is 0 Å². The van der Waals surface area contributed by atoms with Gasteiger partial charge < -0.3 is 24.8 Å². The zero-order valence-corrected chi connectivity index (χ0v) is 16.8. The van der Waals surface area contributed by atoms with Gasteiger partial charge in [-0.1, -0.05) is 19.1 Å². The van der Waals surface area contributed by atoms with Crippen LogP contribution in [0.5, 0.6) is 5.75 Å². The van der Waals surface area contributed by atoms with E-state index in [0.717, 1.165) is 76.7 Å². The monoisotopic (exact) mass is 377 g/mol. The van der Waals surface area contributed by atoms with Crippen molar-refractivity contribution in [1.29, 1.82) is 0 Å². The summed E-state index contributed by atoms with van der Waals surface area (Å²) in [6.45, 7) is 6.88. The minimum atomic E-state index is 0.304. The number of rotatable bonds is 12. The summed E-state index contributed by atoms with van der Waals surface area (Å²) in [4.78, 5) is 4.27. The molecule has 1 fully saturated rings. The van der Waals surface area contributed by atoms with Crippen molar-refractivity contribution in [2.24, 2.45) is 4.99 Å². The van der Waals surface area contributed by atoms with Crippen molar-refractivity contribution < 1.29 is 14.2 Å². The summed E-state index contributed by atoms with van der Waals surface area (Å²) in [6, 6.07) is 8.29. The first-order chi connectivity index (χ1) is 13.3. The molecule has 152 valence electrons. The zero-order chi connectivity index (χ0) is 19.2. The second kappa shape index (κ2) is 13.4. The Hall–Kier alpha value is -1.79. The van der Waals surface area contributed by atoms with Crippen molar-refractivity contribution in [2.45, 2.75) is 45.1 Å². The fourth-order valence-electron chi connectivity index (χ4n) is 2.93. The lowest BCUT2D eigenvalue weighted by Crippen LogP contribution is -2.39. The largest absolute Gasteiger partial charge is 0.494 e. The number of ether oxygens (including phenoxy) is 3. The van der Waals surface area contributed by atoms with Crippen LogP contribution in [-0.4, -0.2) is 58.6 Å². The molecule has 0 bridgehead atoms. The van der Waals surface area contributed by atoms with Crippen LogP contribution in [0, 0.1) is 0 Å². The van der Waals surface area contributed by atoms with Gasteiger partial charge in [-0.25, -0.2) is 0 Å². The smallest absolute Gasteiger partial charge is 0.190 e. The van der Waals surface area contributed by atoms with Gasteiger partial charge in [-0.05, 0) is 49.8 Å². The second-order valence-electron chi connectivity index (χ2n) is 6.74. The molecule has 1 aromatic carbocycles. The Balaban J connectivity index is 1.54. The van der Waals surface area contributed by atoms with Gasteiger partial charge in [0.05, 0.1) is 19.3 Å². The molecule has 0 saturated carbocycles. The summed E-state index contributed by atoms with van der Waals surface area (Å²) in [7, 11) is 1.79. The number of hydrogen-bond donors (Lipinski definition) is 2. The summed E-state index contributed by atoms with van der Waals surface area (Å²) in [5.74, 6) is 1.77. The summed E-state index contributed by atoms with van der Waals surface area (Å²) in [5.41, 5.74) is 1.26. The van der Waals surface area contributed by atoms with E-state index in [1.165, 1.54) is 5.56 Å². The van der Waals surface area contributed by atoms with Gasteiger partial charge in [0, 0.05) is 33.4 Å². The van der Waals surface area contributed by atoms with E-state index in [1.54, 1.807) is 7.05 Å². The Morgan fingerprint density at radius 2 is 2.15 bits per heavy atom. The van der Waals surface area contributed by atoms with Crippen LogP contribution in [0.4, 0.5) is 0 Å². The molecule has 1 aromatic rings. The van der Waals surface area contributed by atoms with Gasteiger partial charge in [-0.3, -0.25) is 4.99 Å². The topological polar surface area (TPSA) is 64.1 Å². The van der Waals surface area contributed by atoms with Gasteiger partial charge in [0.25, 0.3) is 0 Å². The molecule has 0 radical (unpaired) electrons. The van der Waals surface area contributed by atoms with E-state index < -0.39 is 0 Å². The molecule has 0 aliphatic carbocycles. The summed E-state index contributed by atoms with van der Waals surface area (Å²) in [6.07, 6.45) is 5.49. The van der Waals surface area contributed by atoms with Crippen molar-refractivity contribution >= 4 is 5.96 Å². The molecule has 1 aliphatic rings. The van der Waals surface area contributed by atoms with Crippen molar-refractivity contribution in [1.82, 2.24) is 10.6 Å². The molecule has 1 atom stereocenters. The number of hydrogen-bond acceptors (Lipinski definition) is 4. The Morgan fingerprint density at radius 3 is 2.93 bits per heavy atom. The lowest BCUT2D eigenvalue weighted by molar-refractivity contribution is 0.0168. The van der Waals surface area contributed by atoms with Crippen LogP contribution < -0.4 is 15.4 Å². The molecule has 1 saturated heterocycles. The third-order valence-electron chi connectivity index (χ3n) is 4.39. The van der Waals surface area contributed by atoms with Crippen molar-refractivity contribution in [3.8, 4) is 5.75 Å². The zero-order valence-electron chi connectivity index (χ0n) is 16.8. The maximum atomic E-state index is 5.69. The predicted molar refractivity (Wildman–Crippen MR) is 110 cm³/mol. The molecule has 1 aliphatic heterocycles. The van der Waals surface area contributed by atoms with Crippen molar-refractivity contribution in [3.63, 3.8) is 0 Å². The number of benzene rings is 1. The summed E-state index contributed by atoms with van der Waals surface area (Å²) < 4.78 is 16.9. The van der Waals surface area contributed by atoms with E-state index in [2.05, 4.69) is 34.7 Å². The lowest BCUT2D eigenvalue weighted by Gasteiger charge is -2.13. The van der Waals surface area contributed by atoms with Gasteiger partial charge >= 0.3 is 0 Å². The average Bonchev–Trinajstić information content (AvgIpc) is 3.21. The Kier molecular flexibility index (Phi) is 10.7. The van der Waals surface area contributed by atoms with Crippen molar-refractivity contribution in [3.05, 3.63) is 29.8 Å². The quantitative estimate of drug-likeness (QED) is 0.333. The molecule has 1 heterocycles. The highest BCUT2D eigenvalue weighted by Gasteiger charge is 2.14.